The standard InChI is InChI=1S/C12H23N5O.2ClH/c1-10(2)17-9-14-15-12(17)8-16-5-6-18-11(7-16)3-4-13;;/h9-11H,3-8,13H2,1-2H3;2*1H. The Balaban J connectivity index is 0.00000180. The molecule has 0 spiro atoms. The molecule has 1 aromatic rings. The number of hydrogen-bond donors (Lipinski definition) is 1. The first-order valence-corrected chi connectivity index (χ1v) is 6.63. The van der Waals surface area contributed by atoms with Crippen LogP contribution in [-0.2, 0) is 11.3 Å². The number of nitrogens with two attached hydrogens (primary N) is 1. The minimum Gasteiger partial charge on any atom is -0.376 e. The van der Waals surface area contributed by atoms with Gasteiger partial charge in [0.15, 0.2) is 0 Å². The van der Waals surface area contributed by atoms with E-state index in [9.17, 15) is 0 Å². The predicted octanol–water partition coefficient (Wildman–Crippen LogP) is 1.25. The number of ether oxygens (including phenoxy) is 1. The van der Waals surface area contributed by atoms with Crippen molar-refractivity contribution in [3.63, 3.8) is 0 Å². The molecule has 20 heavy (non-hydrogen) atoms. The van der Waals surface area contributed by atoms with Gasteiger partial charge in [-0.15, -0.1) is 35.0 Å². The highest BCUT2D eigenvalue weighted by Gasteiger charge is 2.21. The van der Waals surface area contributed by atoms with Gasteiger partial charge in [-0.2, -0.15) is 0 Å². The van der Waals surface area contributed by atoms with Gasteiger partial charge in [0.1, 0.15) is 12.2 Å². The second kappa shape index (κ2) is 9.52. The molecule has 1 aliphatic rings. The van der Waals surface area contributed by atoms with Gasteiger partial charge in [-0.25, -0.2) is 0 Å². The van der Waals surface area contributed by atoms with E-state index >= 15 is 0 Å². The number of nitrogens with zero attached hydrogens (tertiary/aromatic N) is 4. The lowest BCUT2D eigenvalue weighted by molar-refractivity contribution is -0.0346. The molecule has 2 N–H and O–H groups in total. The summed E-state index contributed by atoms with van der Waals surface area (Å²) in [5.74, 6) is 1.03. The van der Waals surface area contributed by atoms with Crippen LogP contribution in [0.5, 0.6) is 0 Å². The molecule has 118 valence electrons. The number of morpholine rings is 1. The van der Waals surface area contributed by atoms with Crippen LogP contribution >= 0.6 is 24.8 Å². The Morgan fingerprint density at radius 3 is 2.85 bits per heavy atom. The quantitative estimate of drug-likeness (QED) is 0.882. The fourth-order valence-electron chi connectivity index (χ4n) is 2.30. The molecule has 0 radical (unpaired) electrons. The summed E-state index contributed by atoms with van der Waals surface area (Å²) in [7, 11) is 0. The Morgan fingerprint density at radius 1 is 1.45 bits per heavy atom. The molecule has 0 bridgehead atoms. The predicted molar refractivity (Wildman–Crippen MR) is 83.6 cm³/mol. The Kier molecular flexibility index (Phi) is 9.33. The summed E-state index contributed by atoms with van der Waals surface area (Å²) in [5.41, 5.74) is 5.58. The van der Waals surface area contributed by atoms with Gasteiger partial charge in [-0.1, -0.05) is 0 Å². The highest BCUT2D eigenvalue weighted by atomic mass is 35.5. The van der Waals surface area contributed by atoms with Gasteiger partial charge in [-0.05, 0) is 26.8 Å². The molecule has 1 saturated heterocycles. The first kappa shape index (κ1) is 19.6. The summed E-state index contributed by atoms with van der Waals surface area (Å²) in [6.45, 7) is 8.46. The number of aromatic nitrogens is 3. The maximum Gasteiger partial charge on any atom is 0.147 e. The van der Waals surface area contributed by atoms with Crippen molar-refractivity contribution >= 4 is 24.8 Å². The number of rotatable bonds is 5. The van der Waals surface area contributed by atoms with E-state index in [-0.39, 0.29) is 30.9 Å². The SMILES string of the molecule is CC(C)n1cnnc1CN1CCOC(CCN)C1.Cl.Cl. The monoisotopic (exact) mass is 325 g/mol. The molecule has 1 aromatic heterocycles. The van der Waals surface area contributed by atoms with Crippen LogP contribution in [0.25, 0.3) is 0 Å². The minimum absolute atomic E-state index is 0. The van der Waals surface area contributed by atoms with Crippen molar-refractivity contribution < 1.29 is 4.74 Å². The molecule has 1 aliphatic heterocycles. The van der Waals surface area contributed by atoms with Gasteiger partial charge in [0.05, 0.1) is 19.3 Å². The van der Waals surface area contributed by atoms with Crippen molar-refractivity contribution in [2.24, 2.45) is 5.73 Å². The molecule has 0 aliphatic carbocycles. The van der Waals surface area contributed by atoms with Crippen molar-refractivity contribution in [1.82, 2.24) is 19.7 Å². The maximum atomic E-state index is 5.68. The lowest BCUT2D eigenvalue weighted by Crippen LogP contribution is -2.43. The molecular weight excluding hydrogens is 301 g/mol. The number of hydrogen-bond acceptors (Lipinski definition) is 5. The van der Waals surface area contributed by atoms with E-state index in [1.54, 1.807) is 6.33 Å². The highest BCUT2D eigenvalue weighted by molar-refractivity contribution is 5.85. The van der Waals surface area contributed by atoms with Crippen molar-refractivity contribution in [3.05, 3.63) is 12.2 Å². The molecule has 2 heterocycles. The fraction of sp³-hybridized carbons (Fsp3) is 0.833. The van der Waals surface area contributed by atoms with Crippen LogP contribution in [-0.4, -0.2) is 52.0 Å². The smallest absolute Gasteiger partial charge is 0.147 e. The van der Waals surface area contributed by atoms with Gasteiger partial charge in [-0.3, -0.25) is 4.90 Å². The third-order valence-corrected chi connectivity index (χ3v) is 3.28. The van der Waals surface area contributed by atoms with E-state index in [2.05, 4.69) is 33.5 Å². The van der Waals surface area contributed by atoms with Gasteiger partial charge >= 0.3 is 0 Å². The molecule has 8 heteroatoms. The van der Waals surface area contributed by atoms with Crippen LogP contribution < -0.4 is 5.73 Å². The molecular formula is C12H25Cl2N5O. The second-order valence-electron chi connectivity index (χ2n) is 5.05. The average Bonchev–Trinajstić information content (AvgIpc) is 2.78. The van der Waals surface area contributed by atoms with Gasteiger partial charge in [0, 0.05) is 19.1 Å². The van der Waals surface area contributed by atoms with E-state index in [0.29, 0.717) is 12.6 Å². The highest BCUT2D eigenvalue weighted by Crippen LogP contribution is 2.13. The second-order valence-corrected chi connectivity index (χ2v) is 5.05. The zero-order valence-electron chi connectivity index (χ0n) is 12.1. The molecule has 0 aromatic carbocycles. The van der Waals surface area contributed by atoms with Gasteiger partial charge < -0.3 is 15.0 Å². The van der Waals surface area contributed by atoms with Crippen LogP contribution in [0.2, 0.25) is 0 Å². The largest absolute Gasteiger partial charge is 0.376 e. The summed E-state index contributed by atoms with van der Waals surface area (Å²) in [6, 6.07) is 0.399. The van der Waals surface area contributed by atoms with Crippen LogP contribution in [0.4, 0.5) is 0 Å². The Bertz CT molecular complexity index is 372. The van der Waals surface area contributed by atoms with E-state index in [4.69, 9.17) is 10.5 Å². The summed E-state index contributed by atoms with van der Waals surface area (Å²) >= 11 is 0. The third kappa shape index (κ3) is 5.18. The van der Waals surface area contributed by atoms with Crippen molar-refractivity contribution in [2.45, 2.75) is 39.0 Å². The fourth-order valence-corrected chi connectivity index (χ4v) is 2.30. The summed E-state index contributed by atoms with van der Waals surface area (Å²) in [6.07, 6.45) is 2.99. The zero-order chi connectivity index (χ0) is 13.0. The van der Waals surface area contributed by atoms with E-state index < -0.39 is 0 Å². The lowest BCUT2D eigenvalue weighted by Gasteiger charge is -2.32. The molecule has 2 rings (SSSR count). The van der Waals surface area contributed by atoms with Crippen LogP contribution in [0.1, 0.15) is 32.1 Å². The normalized spacial score (nSPS) is 19.5. The summed E-state index contributed by atoms with van der Waals surface area (Å²) in [5, 5.41) is 8.21. The van der Waals surface area contributed by atoms with Gasteiger partial charge in [0.2, 0.25) is 0 Å². The van der Waals surface area contributed by atoms with Crippen molar-refractivity contribution in [1.29, 1.82) is 0 Å². The Labute approximate surface area is 132 Å². The molecule has 1 atom stereocenters. The van der Waals surface area contributed by atoms with E-state index in [1.807, 2.05) is 0 Å². The molecule has 6 nitrogen and oxygen atoms in total. The maximum absolute atomic E-state index is 5.68. The third-order valence-electron chi connectivity index (χ3n) is 3.28. The Morgan fingerprint density at radius 2 is 2.20 bits per heavy atom. The molecule has 0 saturated carbocycles. The van der Waals surface area contributed by atoms with Crippen molar-refractivity contribution in [2.75, 3.05) is 26.2 Å². The summed E-state index contributed by atoms with van der Waals surface area (Å²) < 4.78 is 7.80. The minimum atomic E-state index is 0. The molecule has 0 amide bonds. The van der Waals surface area contributed by atoms with Gasteiger partial charge in [0.25, 0.3) is 0 Å². The van der Waals surface area contributed by atoms with E-state index in [0.717, 1.165) is 38.5 Å². The van der Waals surface area contributed by atoms with Crippen LogP contribution in [0, 0.1) is 0 Å². The first-order valence-electron chi connectivity index (χ1n) is 6.63. The molecule has 1 unspecified atom stereocenters. The average molecular weight is 326 g/mol. The van der Waals surface area contributed by atoms with Crippen molar-refractivity contribution in [3.8, 4) is 0 Å². The lowest BCUT2D eigenvalue weighted by atomic mass is 10.2. The number of halogens is 2. The van der Waals surface area contributed by atoms with Crippen LogP contribution in [0.15, 0.2) is 6.33 Å². The van der Waals surface area contributed by atoms with Crippen LogP contribution in [0.3, 0.4) is 0 Å². The Hall–Kier alpha value is -0.400. The van der Waals surface area contributed by atoms with E-state index in [1.165, 1.54) is 0 Å². The zero-order valence-corrected chi connectivity index (χ0v) is 13.7. The first-order chi connectivity index (χ1) is 8.70. The summed E-state index contributed by atoms with van der Waals surface area (Å²) in [4.78, 5) is 2.37. The molecule has 1 fully saturated rings. The topological polar surface area (TPSA) is 69.2 Å².